The van der Waals surface area contributed by atoms with E-state index in [1.165, 1.54) is 6.07 Å². The van der Waals surface area contributed by atoms with Crippen LogP contribution < -0.4 is 11.1 Å². The zero-order valence-corrected chi connectivity index (χ0v) is 15.2. The molecule has 0 aromatic heterocycles. The Morgan fingerprint density at radius 2 is 1.84 bits per heavy atom. The Balaban J connectivity index is 2.12. The molecule has 2 rings (SSSR count). The zero-order valence-electron chi connectivity index (χ0n) is 12.9. The van der Waals surface area contributed by atoms with Crippen LogP contribution in [0.4, 0.5) is 8.78 Å². The van der Waals surface area contributed by atoms with Crippen LogP contribution in [0.1, 0.15) is 11.1 Å². The molecule has 0 aliphatic carbocycles. The number of carbonyl (C=O) groups is 2. The van der Waals surface area contributed by atoms with Crippen LogP contribution in [-0.4, -0.2) is 17.9 Å². The quantitative estimate of drug-likeness (QED) is 0.737. The first-order valence-corrected chi connectivity index (χ1v) is 8.40. The largest absolute Gasteiger partial charge is 0.368 e. The molecular formula is C17H14BrClF2N2O2. The highest BCUT2D eigenvalue weighted by molar-refractivity contribution is 9.10. The van der Waals surface area contributed by atoms with E-state index in [-0.39, 0.29) is 12.0 Å². The lowest BCUT2D eigenvalue weighted by atomic mass is 10.0. The molecule has 2 amide bonds. The van der Waals surface area contributed by atoms with E-state index < -0.39 is 35.9 Å². The van der Waals surface area contributed by atoms with E-state index in [1.807, 2.05) is 0 Å². The lowest BCUT2D eigenvalue weighted by Gasteiger charge is -2.17. The van der Waals surface area contributed by atoms with Gasteiger partial charge in [0.1, 0.15) is 17.7 Å². The van der Waals surface area contributed by atoms with E-state index in [4.69, 9.17) is 17.3 Å². The van der Waals surface area contributed by atoms with Gasteiger partial charge in [-0.25, -0.2) is 8.78 Å². The van der Waals surface area contributed by atoms with E-state index >= 15 is 0 Å². The number of amides is 2. The highest BCUT2D eigenvalue weighted by Gasteiger charge is 2.21. The molecule has 1 atom stereocenters. The lowest BCUT2D eigenvalue weighted by molar-refractivity contribution is -0.127. The molecule has 8 heteroatoms. The topological polar surface area (TPSA) is 72.2 Å². The normalized spacial score (nSPS) is 11.8. The molecule has 0 fully saturated rings. The zero-order chi connectivity index (χ0) is 18.6. The Morgan fingerprint density at radius 1 is 1.20 bits per heavy atom. The van der Waals surface area contributed by atoms with Crippen molar-refractivity contribution < 1.29 is 18.4 Å². The number of hydrogen-bond donors (Lipinski definition) is 2. The van der Waals surface area contributed by atoms with Crippen LogP contribution in [-0.2, 0) is 22.4 Å². The SMILES string of the molecule is NC(=O)[C@@H](Cc1cc(Cl)ccc1Br)NC(=O)Cc1c(F)cccc1F. The summed E-state index contributed by atoms with van der Waals surface area (Å²) in [6.07, 6.45) is -0.457. The van der Waals surface area contributed by atoms with Gasteiger partial charge in [-0.1, -0.05) is 33.6 Å². The highest BCUT2D eigenvalue weighted by atomic mass is 79.9. The van der Waals surface area contributed by atoms with Crippen LogP contribution in [0, 0.1) is 11.6 Å². The van der Waals surface area contributed by atoms with Gasteiger partial charge in [-0.15, -0.1) is 0 Å². The molecular weight excluding hydrogens is 418 g/mol. The fourth-order valence-electron chi connectivity index (χ4n) is 2.25. The molecule has 0 aliphatic heterocycles. The monoisotopic (exact) mass is 430 g/mol. The Kier molecular flexibility index (Phi) is 6.50. The molecule has 0 saturated heterocycles. The smallest absolute Gasteiger partial charge is 0.240 e. The molecule has 4 nitrogen and oxygen atoms in total. The third-order valence-electron chi connectivity index (χ3n) is 3.51. The van der Waals surface area contributed by atoms with Crippen molar-refractivity contribution in [2.75, 3.05) is 0 Å². The van der Waals surface area contributed by atoms with Crippen molar-refractivity contribution in [3.05, 3.63) is 68.7 Å². The van der Waals surface area contributed by atoms with Crippen molar-refractivity contribution in [1.29, 1.82) is 0 Å². The van der Waals surface area contributed by atoms with Crippen LogP contribution in [0.15, 0.2) is 40.9 Å². The maximum absolute atomic E-state index is 13.6. The first-order valence-electron chi connectivity index (χ1n) is 7.23. The third-order valence-corrected chi connectivity index (χ3v) is 4.52. The highest BCUT2D eigenvalue weighted by Crippen LogP contribution is 2.22. The van der Waals surface area contributed by atoms with Crippen molar-refractivity contribution in [2.45, 2.75) is 18.9 Å². The Labute approximate surface area is 156 Å². The van der Waals surface area contributed by atoms with E-state index in [0.29, 0.717) is 15.1 Å². The number of rotatable bonds is 6. The molecule has 0 aliphatic rings. The predicted molar refractivity (Wildman–Crippen MR) is 94.0 cm³/mol. The minimum absolute atomic E-state index is 0.0853. The van der Waals surface area contributed by atoms with Crippen LogP contribution in [0.3, 0.4) is 0 Å². The van der Waals surface area contributed by atoms with Crippen LogP contribution >= 0.6 is 27.5 Å². The van der Waals surface area contributed by atoms with Gasteiger partial charge in [-0.05, 0) is 35.9 Å². The Bertz CT molecular complexity index is 797. The van der Waals surface area contributed by atoms with Crippen molar-refractivity contribution in [2.24, 2.45) is 5.73 Å². The second-order valence-corrected chi connectivity index (χ2v) is 6.63. The summed E-state index contributed by atoms with van der Waals surface area (Å²) in [4.78, 5) is 23.7. The maximum atomic E-state index is 13.6. The standard InChI is InChI=1S/C17H14BrClF2N2O2/c18-12-5-4-10(19)6-9(12)7-15(17(22)25)23-16(24)8-11-13(20)2-1-3-14(11)21/h1-6,15H,7-8H2,(H2,22,25)(H,23,24)/t15-/m1/s1. The first kappa shape index (κ1) is 19.3. The Morgan fingerprint density at radius 3 is 2.44 bits per heavy atom. The van der Waals surface area contributed by atoms with Crippen molar-refractivity contribution in [1.82, 2.24) is 5.32 Å². The van der Waals surface area contributed by atoms with Gasteiger partial charge in [0.2, 0.25) is 11.8 Å². The second kappa shape index (κ2) is 8.40. The number of halogens is 4. The van der Waals surface area contributed by atoms with Crippen molar-refractivity contribution in [3.8, 4) is 0 Å². The van der Waals surface area contributed by atoms with Gasteiger partial charge in [0, 0.05) is 21.5 Å². The van der Waals surface area contributed by atoms with Gasteiger partial charge in [0.05, 0.1) is 6.42 Å². The summed E-state index contributed by atoms with van der Waals surface area (Å²) in [5.41, 5.74) is 5.62. The number of primary amides is 1. The molecule has 25 heavy (non-hydrogen) atoms. The Hall–Kier alpha value is -1.99. The predicted octanol–water partition coefficient (Wildman–Crippen LogP) is 3.14. The van der Waals surface area contributed by atoms with Crippen LogP contribution in [0.2, 0.25) is 5.02 Å². The van der Waals surface area contributed by atoms with Crippen molar-refractivity contribution >= 4 is 39.3 Å². The second-order valence-electron chi connectivity index (χ2n) is 5.34. The van der Waals surface area contributed by atoms with Gasteiger partial charge in [0.25, 0.3) is 0 Å². The third kappa shape index (κ3) is 5.24. The van der Waals surface area contributed by atoms with E-state index in [9.17, 15) is 18.4 Å². The summed E-state index contributed by atoms with van der Waals surface area (Å²) >= 11 is 9.24. The molecule has 3 N–H and O–H groups in total. The van der Waals surface area contributed by atoms with Gasteiger partial charge in [-0.2, -0.15) is 0 Å². The van der Waals surface area contributed by atoms with Gasteiger partial charge in [0.15, 0.2) is 0 Å². The minimum Gasteiger partial charge on any atom is -0.368 e. The van der Waals surface area contributed by atoms with E-state index in [0.717, 1.165) is 12.1 Å². The fraction of sp³-hybridized carbons (Fsp3) is 0.176. The first-order chi connectivity index (χ1) is 11.8. The molecule has 0 saturated carbocycles. The van der Waals surface area contributed by atoms with Gasteiger partial charge >= 0.3 is 0 Å². The number of nitrogens with two attached hydrogens (primary N) is 1. The lowest BCUT2D eigenvalue weighted by Crippen LogP contribution is -2.46. The summed E-state index contributed by atoms with van der Waals surface area (Å²) in [5.74, 6) is -3.15. The molecule has 0 unspecified atom stereocenters. The fourth-order valence-corrected chi connectivity index (χ4v) is 2.85. The summed E-state index contributed by atoms with van der Waals surface area (Å²) in [5, 5.41) is 2.86. The average Bonchev–Trinajstić information content (AvgIpc) is 2.53. The molecule has 0 radical (unpaired) electrons. The summed E-state index contributed by atoms with van der Waals surface area (Å²) in [6, 6.07) is 7.26. The van der Waals surface area contributed by atoms with E-state index in [1.54, 1.807) is 18.2 Å². The van der Waals surface area contributed by atoms with E-state index in [2.05, 4.69) is 21.2 Å². The van der Waals surface area contributed by atoms with Gasteiger partial charge in [-0.3, -0.25) is 9.59 Å². The molecule has 2 aromatic rings. The number of hydrogen-bond acceptors (Lipinski definition) is 2. The summed E-state index contributed by atoms with van der Waals surface area (Å²) in [6.45, 7) is 0. The summed E-state index contributed by atoms with van der Waals surface area (Å²) in [7, 11) is 0. The van der Waals surface area contributed by atoms with Gasteiger partial charge < -0.3 is 11.1 Å². The minimum atomic E-state index is -1.04. The maximum Gasteiger partial charge on any atom is 0.240 e. The average molecular weight is 432 g/mol. The molecule has 0 bridgehead atoms. The number of benzene rings is 2. The molecule has 2 aromatic carbocycles. The summed E-state index contributed by atoms with van der Waals surface area (Å²) < 4.78 is 27.9. The molecule has 0 spiro atoms. The number of carbonyl (C=O) groups excluding carboxylic acids is 2. The van der Waals surface area contributed by atoms with Crippen LogP contribution in [0.5, 0.6) is 0 Å². The number of nitrogens with one attached hydrogen (secondary N) is 1. The molecule has 0 heterocycles. The van der Waals surface area contributed by atoms with Crippen LogP contribution in [0.25, 0.3) is 0 Å². The van der Waals surface area contributed by atoms with Crippen molar-refractivity contribution in [3.63, 3.8) is 0 Å². The molecule has 132 valence electrons.